The van der Waals surface area contributed by atoms with Crippen LogP contribution in [0.5, 0.6) is 0 Å². The maximum Gasteiger partial charge on any atom is 0.264 e. The summed E-state index contributed by atoms with van der Waals surface area (Å²) in [6.45, 7) is -0.0603. The number of rotatable bonds is 4. The predicted molar refractivity (Wildman–Crippen MR) is 79.0 cm³/mol. The largest absolute Gasteiger partial charge is 0.395 e. The Hall–Kier alpha value is -2.30. The predicted octanol–water partition coefficient (Wildman–Crippen LogP) is 0.955. The molecule has 0 unspecified atom stereocenters. The van der Waals surface area contributed by atoms with Crippen molar-refractivity contribution >= 4 is 15.8 Å². The third-order valence-corrected chi connectivity index (χ3v) is 4.11. The fourth-order valence-electron chi connectivity index (χ4n) is 1.68. The molecule has 2 N–H and O–H groups in total. The molecular formula is C14H15N3O3S. The van der Waals surface area contributed by atoms with E-state index in [1.54, 1.807) is 31.3 Å². The summed E-state index contributed by atoms with van der Waals surface area (Å²) in [7, 11) is -2.11. The van der Waals surface area contributed by atoms with Crippen LogP contribution < -0.4 is 4.72 Å². The van der Waals surface area contributed by atoms with E-state index in [1.807, 2.05) is 0 Å². The number of sulfonamides is 1. The summed E-state index contributed by atoms with van der Waals surface area (Å²) in [5.74, 6) is 5.86. The third kappa shape index (κ3) is 3.62. The number of benzene rings is 1. The second-order valence-electron chi connectivity index (χ2n) is 4.22. The highest BCUT2D eigenvalue weighted by molar-refractivity contribution is 7.92. The molecule has 0 spiro atoms. The van der Waals surface area contributed by atoms with Crippen LogP contribution in [0.2, 0.25) is 0 Å². The monoisotopic (exact) mass is 305 g/mol. The fourth-order valence-corrected chi connectivity index (χ4v) is 2.94. The van der Waals surface area contributed by atoms with Crippen LogP contribution in [-0.2, 0) is 17.1 Å². The van der Waals surface area contributed by atoms with E-state index in [4.69, 9.17) is 5.11 Å². The molecule has 21 heavy (non-hydrogen) atoms. The quantitative estimate of drug-likeness (QED) is 0.824. The zero-order valence-electron chi connectivity index (χ0n) is 11.4. The fraction of sp³-hybridized carbons (Fsp3) is 0.214. The van der Waals surface area contributed by atoms with Crippen molar-refractivity contribution < 1.29 is 13.5 Å². The van der Waals surface area contributed by atoms with Crippen LogP contribution in [-0.4, -0.2) is 29.9 Å². The molecule has 0 radical (unpaired) electrons. The van der Waals surface area contributed by atoms with Gasteiger partial charge in [0, 0.05) is 25.1 Å². The maximum absolute atomic E-state index is 12.4. The number of anilines is 1. The molecule has 0 saturated carbocycles. The van der Waals surface area contributed by atoms with Gasteiger partial charge in [-0.2, -0.15) is 5.10 Å². The zero-order chi connectivity index (χ0) is 15.3. The van der Waals surface area contributed by atoms with Crippen molar-refractivity contribution in [1.82, 2.24) is 9.78 Å². The van der Waals surface area contributed by atoms with Gasteiger partial charge in [-0.1, -0.05) is 24.0 Å². The molecule has 110 valence electrons. The van der Waals surface area contributed by atoms with Gasteiger partial charge in [-0.25, -0.2) is 8.42 Å². The lowest BCUT2D eigenvalue weighted by Gasteiger charge is -2.09. The lowest BCUT2D eigenvalue weighted by atomic mass is 10.2. The summed E-state index contributed by atoms with van der Waals surface area (Å²) in [4.78, 5) is 0.0941. The Balaban J connectivity index is 2.37. The van der Waals surface area contributed by atoms with E-state index >= 15 is 0 Å². The first-order valence-corrected chi connectivity index (χ1v) is 7.72. The number of nitrogens with one attached hydrogen (secondary N) is 1. The summed E-state index contributed by atoms with van der Waals surface area (Å²) < 4.78 is 28.8. The molecular weight excluding hydrogens is 290 g/mol. The van der Waals surface area contributed by atoms with Crippen LogP contribution >= 0.6 is 0 Å². The van der Waals surface area contributed by atoms with Gasteiger partial charge in [0.05, 0.1) is 12.8 Å². The lowest BCUT2D eigenvalue weighted by molar-refractivity contribution is 0.305. The first-order chi connectivity index (χ1) is 10.0. The Kier molecular flexibility index (Phi) is 4.62. The van der Waals surface area contributed by atoms with Gasteiger partial charge in [0.2, 0.25) is 0 Å². The number of hydrogen-bond donors (Lipinski definition) is 2. The second-order valence-corrected chi connectivity index (χ2v) is 5.87. The van der Waals surface area contributed by atoms with Crippen molar-refractivity contribution in [3.05, 3.63) is 42.1 Å². The number of aliphatic hydroxyl groups excluding tert-OH is 1. The molecule has 0 fully saturated rings. The molecule has 0 bridgehead atoms. The molecule has 2 aromatic rings. The highest BCUT2D eigenvalue weighted by Crippen LogP contribution is 2.18. The van der Waals surface area contributed by atoms with Crippen LogP contribution in [0.3, 0.4) is 0 Å². The summed E-state index contributed by atoms with van der Waals surface area (Å²) in [6, 6.07) is 8.03. The van der Waals surface area contributed by atoms with Crippen molar-refractivity contribution in [3.63, 3.8) is 0 Å². The summed E-state index contributed by atoms with van der Waals surface area (Å²) in [6.07, 6.45) is 1.80. The minimum Gasteiger partial charge on any atom is -0.395 e. The Morgan fingerprint density at radius 3 is 2.76 bits per heavy atom. The van der Waals surface area contributed by atoms with Gasteiger partial charge in [-0.15, -0.1) is 0 Å². The topological polar surface area (TPSA) is 84.2 Å². The van der Waals surface area contributed by atoms with Gasteiger partial charge in [-0.3, -0.25) is 9.40 Å². The second kappa shape index (κ2) is 6.43. The van der Waals surface area contributed by atoms with E-state index < -0.39 is 10.0 Å². The van der Waals surface area contributed by atoms with E-state index in [9.17, 15) is 8.42 Å². The lowest BCUT2D eigenvalue weighted by Crippen LogP contribution is -2.16. The Labute approximate surface area is 123 Å². The summed E-state index contributed by atoms with van der Waals surface area (Å²) >= 11 is 0. The summed E-state index contributed by atoms with van der Waals surface area (Å²) in [5.41, 5.74) is 0.389. The zero-order valence-corrected chi connectivity index (χ0v) is 12.3. The third-order valence-electron chi connectivity index (χ3n) is 2.70. The molecule has 1 heterocycles. The van der Waals surface area contributed by atoms with Gasteiger partial charge in [0.15, 0.2) is 0 Å². The van der Waals surface area contributed by atoms with Crippen LogP contribution in [0.4, 0.5) is 5.82 Å². The Morgan fingerprint density at radius 2 is 2.10 bits per heavy atom. The van der Waals surface area contributed by atoms with Crippen LogP contribution in [0.15, 0.2) is 41.4 Å². The molecule has 0 aliphatic carbocycles. The van der Waals surface area contributed by atoms with Crippen molar-refractivity contribution in [2.24, 2.45) is 7.05 Å². The van der Waals surface area contributed by atoms with E-state index in [1.165, 1.54) is 16.9 Å². The number of hydrogen-bond acceptors (Lipinski definition) is 4. The molecule has 0 atom stereocenters. The SMILES string of the molecule is Cn1nccc1NS(=O)(=O)c1ccccc1C#CCCO. The standard InChI is InChI=1S/C14H15N3O3S/c1-17-14(9-10-15-17)16-21(19,20)13-8-3-2-6-12(13)7-4-5-11-18/h2-3,6,8-10,16,18H,5,11H2,1H3. The molecule has 2 rings (SSSR count). The minimum atomic E-state index is -3.75. The first-order valence-electron chi connectivity index (χ1n) is 6.24. The van der Waals surface area contributed by atoms with Gasteiger partial charge in [-0.05, 0) is 12.1 Å². The van der Waals surface area contributed by atoms with Crippen LogP contribution in [0.1, 0.15) is 12.0 Å². The highest BCUT2D eigenvalue weighted by atomic mass is 32.2. The van der Waals surface area contributed by atoms with Gasteiger partial charge >= 0.3 is 0 Å². The van der Waals surface area contributed by atoms with E-state index in [2.05, 4.69) is 21.7 Å². The van der Waals surface area contributed by atoms with Gasteiger partial charge < -0.3 is 5.11 Å². The number of nitrogens with zero attached hydrogens (tertiary/aromatic N) is 2. The normalized spacial score (nSPS) is 10.8. The average molecular weight is 305 g/mol. The van der Waals surface area contributed by atoms with E-state index in [-0.39, 0.29) is 11.5 Å². The van der Waals surface area contributed by atoms with Crippen molar-refractivity contribution in [3.8, 4) is 11.8 Å². The van der Waals surface area contributed by atoms with Crippen molar-refractivity contribution in [1.29, 1.82) is 0 Å². The van der Waals surface area contributed by atoms with Gasteiger partial charge in [0.1, 0.15) is 10.7 Å². The molecule has 0 aliphatic heterocycles. The number of aromatic nitrogens is 2. The molecule has 0 amide bonds. The maximum atomic E-state index is 12.4. The molecule has 1 aromatic carbocycles. The molecule has 0 saturated heterocycles. The number of aliphatic hydroxyl groups is 1. The minimum absolute atomic E-state index is 0.0603. The molecule has 6 nitrogen and oxygen atoms in total. The Morgan fingerprint density at radius 1 is 1.33 bits per heavy atom. The smallest absolute Gasteiger partial charge is 0.264 e. The van der Waals surface area contributed by atoms with E-state index in [0.29, 0.717) is 17.8 Å². The van der Waals surface area contributed by atoms with Crippen LogP contribution in [0, 0.1) is 11.8 Å². The Bertz CT molecular complexity index is 785. The average Bonchev–Trinajstić information content (AvgIpc) is 2.84. The van der Waals surface area contributed by atoms with Gasteiger partial charge in [0.25, 0.3) is 10.0 Å². The first kappa shape index (κ1) is 15.1. The highest BCUT2D eigenvalue weighted by Gasteiger charge is 2.18. The molecule has 1 aromatic heterocycles. The van der Waals surface area contributed by atoms with Crippen molar-refractivity contribution in [2.45, 2.75) is 11.3 Å². The van der Waals surface area contributed by atoms with Crippen LogP contribution in [0.25, 0.3) is 0 Å². The van der Waals surface area contributed by atoms with E-state index in [0.717, 1.165) is 0 Å². The molecule has 7 heteroatoms. The summed E-state index contributed by atoms with van der Waals surface area (Å²) in [5, 5.41) is 12.6. The van der Waals surface area contributed by atoms with Crippen molar-refractivity contribution in [2.75, 3.05) is 11.3 Å². The number of aryl methyl sites for hydroxylation is 1. The molecule has 0 aliphatic rings.